The van der Waals surface area contributed by atoms with E-state index in [1.807, 2.05) is 0 Å². The van der Waals surface area contributed by atoms with Crippen molar-refractivity contribution in [3.63, 3.8) is 0 Å². The summed E-state index contributed by atoms with van der Waals surface area (Å²) in [6, 6.07) is 6.62. The lowest BCUT2D eigenvalue weighted by atomic mass is 10.1. The molecule has 0 fully saturated rings. The van der Waals surface area contributed by atoms with Crippen LogP contribution in [0.15, 0.2) is 60.7 Å². The standard InChI is InChI=1S/C30H18Cl2F15N5/c31-18-9-17(28(39,40)41)10-19(32)21(18)50-23(48-11-13-1-5-15(6-2-13)26(33,34)35)20-22(29(42,43)44)51-25(30(45,46)47)52-24(20)49-12-14-3-7-16(8-4-14)27(36,37)38/h1-10,23,48,50H,11-12H2,(H,49,51,52). The number of rotatable bonds is 9. The van der Waals surface area contributed by atoms with Crippen LogP contribution in [0.2, 0.25) is 10.0 Å². The topological polar surface area (TPSA) is 61.9 Å². The van der Waals surface area contributed by atoms with E-state index in [0.717, 1.165) is 24.3 Å². The number of hydrogen-bond acceptors (Lipinski definition) is 5. The van der Waals surface area contributed by atoms with Gasteiger partial charge in [-0.2, -0.15) is 65.9 Å². The molecule has 0 aliphatic carbocycles. The Labute approximate surface area is 292 Å². The van der Waals surface area contributed by atoms with Gasteiger partial charge in [0, 0.05) is 13.1 Å². The molecule has 0 radical (unpaired) electrons. The predicted octanol–water partition coefficient (Wildman–Crippen LogP) is 11.4. The maximum absolute atomic E-state index is 14.5. The molecule has 0 aliphatic rings. The van der Waals surface area contributed by atoms with Crippen molar-refractivity contribution in [1.82, 2.24) is 15.3 Å². The average Bonchev–Trinajstić information content (AvgIpc) is 3.01. The smallest absolute Gasteiger partial charge is 0.366 e. The van der Waals surface area contributed by atoms with Gasteiger partial charge in [0.15, 0.2) is 5.69 Å². The lowest BCUT2D eigenvalue weighted by Gasteiger charge is -2.28. The maximum atomic E-state index is 14.5. The second-order valence-corrected chi connectivity index (χ2v) is 11.5. The highest BCUT2D eigenvalue weighted by Crippen LogP contribution is 2.43. The summed E-state index contributed by atoms with van der Waals surface area (Å²) < 4.78 is 203. The van der Waals surface area contributed by atoms with E-state index in [1.54, 1.807) is 0 Å². The van der Waals surface area contributed by atoms with E-state index in [1.165, 1.54) is 0 Å². The molecule has 22 heteroatoms. The van der Waals surface area contributed by atoms with Crippen molar-refractivity contribution in [2.45, 2.75) is 50.1 Å². The van der Waals surface area contributed by atoms with Crippen LogP contribution in [0.25, 0.3) is 0 Å². The first-order valence-electron chi connectivity index (χ1n) is 13.9. The van der Waals surface area contributed by atoms with Crippen molar-refractivity contribution in [3.05, 3.63) is 116 Å². The summed E-state index contributed by atoms with van der Waals surface area (Å²) in [4.78, 5) is 5.86. The monoisotopic (exact) mass is 803 g/mol. The van der Waals surface area contributed by atoms with E-state index in [4.69, 9.17) is 23.2 Å². The van der Waals surface area contributed by atoms with Gasteiger partial charge in [-0.1, -0.05) is 47.5 Å². The quantitative estimate of drug-likeness (QED) is 0.116. The van der Waals surface area contributed by atoms with Crippen molar-refractivity contribution in [1.29, 1.82) is 0 Å². The van der Waals surface area contributed by atoms with Gasteiger partial charge in [-0.25, -0.2) is 9.97 Å². The zero-order valence-electron chi connectivity index (χ0n) is 25.1. The van der Waals surface area contributed by atoms with Crippen LogP contribution in [-0.2, 0) is 44.0 Å². The molecular formula is C30H18Cl2F15N5. The number of alkyl halides is 15. The van der Waals surface area contributed by atoms with Crippen LogP contribution >= 0.6 is 23.2 Å². The van der Waals surface area contributed by atoms with Crippen LogP contribution in [0.1, 0.15) is 51.1 Å². The Hall–Kier alpha value is -4.17. The lowest BCUT2D eigenvalue weighted by molar-refractivity contribution is -0.153. The minimum Gasteiger partial charge on any atom is -0.366 e. The van der Waals surface area contributed by atoms with Crippen molar-refractivity contribution in [2.24, 2.45) is 0 Å². The van der Waals surface area contributed by atoms with Gasteiger partial charge >= 0.3 is 30.9 Å². The first kappa shape index (κ1) is 40.6. The van der Waals surface area contributed by atoms with Crippen LogP contribution < -0.4 is 16.0 Å². The van der Waals surface area contributed by atoms with Crippen molar-refractivity contribution in [2.75, 3.05) is 10.6 Å². The highest BCUT2D eigenvalue weighted by atomic mass is 35.5. The zero-order chi connectivity index (χ0) is 39.0. The van der Waals surface area contributed by atoms with Crippen LogP contribution in [0, 0.1) is 0 Å². The van der Waals surface area contributed by atoms with Gasteiger partial charge in [0.05, 0.1) is 38.0 Å². The molecule has 0 aliphatic heterocycles. The molecule has 0 spiro atoms. The summed E-state index contributed by atoms with van der Waals surface area (Å²) >= 11 is 12.0. The van der Waals surface area contributed by atoms with Gasteiger partial charge in [-0.15, -0.1) is 0 Å². The minimum atomic E-state index is -5.72. The molecule has 4 aromatic rings. The molecule has 1 atom stereocenters. The first-order valence-corrected chi connectivity index (χ1v) is 14.7. The number of nitrogens with zero attached hydrogens (tertiary/aromatic N) is 2. The SMILES string of the molecule is FC(F)(F)c1ccc(CNc2nc(C(F)(F)F)nc(C(F)(F)F)c2C(NCc2ccc(C(F)(F)F)cc2)Nc2c(Cl)cc(C(F)(F)F)cc2Cl)cc1. The van der Waals surface area contributed by atoms with Crippen LogP contribution in [0.3, 0.4) is 0 Å². The highest BCUT2D eigenvalue weighted by Gasteiger charge is 2.45. The van der Waals surface area contributed by atoms with E-state index in [9.17, 15) is 65.9 Å². The van der Waals surface area contributed by atoms with E-state index in [-0.39, 0.29) is 11.1 Å². The van der Waals surface area contributed by atoms with E-state index in [2.05, 4.69) is 25.9 Å². The van der Waals surface area contributed by atoms with Crippen molar-refractivity contribution in [3.8, 4) is 0 Å². The third-order valence-electron chi connectivity index (χ3n) is 6.95. The molecule has 0 saturated heterocycles. The average molecular weight is 804 g/mol. The van der Waals surface area contributed by atoms with Crippen LogP contribution in [0.4, 0.5) is 77.4 Å². The first-order chi connectivity index (χ1) is 23.7. The van der Waals surface area contributed by atoms with Gasteiger partial charge in [-0.3, -0.25) is 5.32 Å². The minimum absolute atomic E-state index is 0.0370. The molecule has 52 heavy (non-hydrogen) atoms. The summed E-state index contributed by atoms with van der Waals surface area (Å²) in [6.07, 6.45) is -28.1. The second kappa shape index (κ2) is 14.7. The molecule has 3 aromatic carbocycles. The summed E-state index contributed by atoms with van der Waals surface area (Å²) in [5.41, 5.74) is -7.95. The van der Waals surface area contributed by atoms with Crippen molar-refractivity contribution >= 4 is 34.7 Å². The molecule has 1 unspecified atom stereocenters. The molecule has 0 bridgehead atoms. The van der Waals surface area contributed by atoms with Gasteiger partial charge in [0.2, 0.25) is 5.82 Å². The highest BCUT2D eigenvalue weighted by molar-refractivity contribution is 6.39. The maximum Gasteiger partial charge on any atom is 0.451 e. The van der Waals surface area contributed by atoms with E-state index >= 15 is 0 Å². The summed E-state index contributed by atoms with van der Waals surface area (Å²) in [7, 11) is 0. The van der Waals surface area contributed by atoms with Gasteiger partial charge in [-0.05, 0) is 47.5 Å². The van der Waals surface area contributed by atoms with Gasteiger partial charge in [0.25, 0.3) is 0 Å². The number of hydrogen-bond donors (Lipinski definition) is 3. The number of nitrogens with one attached hydrogen (secondary N) is 3. The molecular weight excluding hydrogens is 786 g/mol. The molecule has 0 saturated carbocycles. The lowest BCUT2D eigenvalue weighted by Crippen LogP contribution is -2.33. The zero-order valence-corrected chi connectivity index (χ0v) is 26.6. The van der Waals surface area contributed by atoms with E-state index < -0.39 is 105 Å². The molecule has 1 aromatic heterocycles. The van der Waals surface area contributed by atoms with E-state index in [0.29, 0.717) is 36.4 Å². The third kappa shape index (κ3) is 10.0. The predicted molar refractivity (Wildman–Crippen MR) is 157 cm³/mol. The Bertz CT molecular complexity index is 1850. The Balaban J connectivity index is 1.89. The number of benzene rings is 3. The molecule has 0 amide bonds. The molecule has 5 nitrogen and oxygen atoms in total. The fourth-order valence-electron chi connectivity index (χ4n) is 4.49. The molecule has 3 N–H and O–H groups in total. The van der Waals surface area contributed by atoms with Crippen LogP contribution in [-0.4, -0.2) is 9.97 Å². The molecule has 282 valence electrons. The fraction of sp³-hybridized carbons (Fsp3) is 0.267. The number of halogens is 17. The number of aromatic nitrogens is 2. The fourth-order valence-corrected chi connectivity index (χ4v) is 5.09. The van der Waals surface area contributed by atoms with Crippen molar-refractivity contribution < 1.29 is 65.9 Å². The Morgan fingerprint density at radius 3 is 1.38 bits per heavy atom. The normalized spacial score (nSPS) is 13.6. The summed E-state index contributed by atoms with van der Waals surface area (Å²) in [6.45, 7) is -1.38. The summed E-state index contributed by atoms with van der Waals surface area (Å²) in [5, 5.41) is 5.28. The third-order valence-corrected chi connectivity index (χ3v) is 7.54. The summed E-state index contributed by atoms with van der Waals surface area (Å²) in [5.74, 6) is -3.53. The van der Waals surface area contributed by atoms with Gasteiger partial charge in [0.1, 0.15) is 12.0 Å². The largest absolute Gasteiger partial charge is 0.451 e. The Kier molecular flexibility index (Phi) is 11.5. The number of anilines is 2. The molecule has 4 rings (SSSR count). The van der Waals surface area contributed by atoms with Gasteiger partial charge < -0.3 is 10.6 Å². The van der Waals surface area contributed by atoms with Crippen LogP contribution in [0.5, 0.6) is 0 Å². The Morgan fingerprint density at radius 2 is 0.981 bits per heavy atom. The second-order valence-electron chi connectivity index (χ2n) is 10.7. The molecule has 1 heterocycles. The Morgan fingerprint density at radius 1 is 0.538 bits per heavy atom.